The van der Waals surface area contributed by atoms with Crippen LogP contribution in [0.2, 0.25) is 0 Å². The smallest absolute Gasteiger partial charge is 0.407 e. The number of alkyl carbamates (subject to hydrolysis) is 2. The van der Waals surface area contributed by atoms with Crippen molar-refractivity contribution in [2.24, 2.45) is 0 Å². The summed E-state index contributed by atoms with van der Waals surface area (Å²) in [5, 5.41) is 5.56. The number of amides is 2. The molecule has 328 valence electrons. The monoisotopic (exact) mass is 798 g/mol. The third-order valence-corrected chi connectivity index (χ3v) is 10.5. The minimum Gasteiger partial charge on any atom is -0.466 e. The van der Waals surface area contributed by atoms with Gasteiger partial charge in [0.25, 0.3) is 0 Å². The molecule has 1 heterocycles. The Kier molecular flexibility index (Phi) is 32.6. The molecule has 0 aromatic carbocycles. The van der Waals surface area contributed by atoms with E-state index in [1.807, 2.05) is 13.8 Å². The Balaban J connectivity index is 2.32. The zero-order valence-electron chi connectivity index (χ0n) is 36.4. The summed E-state index contributed by atoms with van der Waals surface area (Å²) in [6, 6.07) is 0. The highest BCUT2D eigenvalue weighted by molar-refractivity contribution is 5.70. The van der Waals surface area contributed by atoms with E-state index in [1.165, 1.54) is 64.2 Å². The highest BCUT2D eigenvalue weighted by Gasteiger charge is 2.18. The molecule has 0 radical (unpaired) electrons. The van der Waals surface area contributed by atoms with Gasteiger partial charge in [0.05, 0.1) is 26.1 Å². The third-order valence-electron chi connectivity index (χ3n) is 10.5. The molecule has 0 saturated carbocycles. The summed E-state index contributed by atoms with van der Waals surface area (Å²) in [5.74, 6) is -0.605. The van der Waals surface area contributed by atoms with E-state index in [4.69, 9.17) is 18.9 Å². The second-order valence-corrected chi connectivity index (χ2v) is 15.5. The van der Waals surface area contributed by atoms with Crippen molar-refractivity contribution >= 4 is 24.1 Å². The van der Waals surface area contributed by atoms with Crippen LogP contribution < -0.4 is 10.6 Å². The normalized spacial score (nSPS) is 14.6. The van der Waals surface area contributed by atoms with Gasteiger partial charge in [-0.15, -0.1) is 0 Å². The number of nitrogens with one attached hydrogen (secondary N) is 2. The lowest BCUT2D eigenvalue weighted by atomic mass is 10.1. The van der Waals surface area contributed by atoms with E-state index in [0.29, 0.717) is 39.0 Å². The minimum absolute atomic E-state index is 0.0715. The first kappa shape index (κ1) is 51.4. The molecule has 1 aliphatic heterocycles. The number of ether oxygens (including phenoxy) is 4. The number of carbonyl (C=O) groups excluding carboxylic acids is 4. The Hall–Kier alpha value is -2.64. The SMILES string of the molecule is CCCCCCCCC(CC)OC(=O)NCCCOC(=O)CCN(CCC(=O)OCCCNC(=O)OC(CC)CCCCCCCC)CCN1CCN(C)CC1. The van der Waals surface area contributed by atoms with Crippen LogP contribution in [0.3, 0.4) is 0 Å². The summed E-state index contributed by atoms with van der Waals surface area (Å²) in [7, 11) is 2.13. The summed E-state index contributed by atoms with van der Waals surface area (Å²) < 4.78 is 22.1. The molecule has 2 unspecified atom stereocenters. The Bertz CT molecular complexity index is 933. The largest absolute Gasteiger partial charge is 0.466 e. The molecule has 1 saturated heterocycles. The van der Waals surface area contributed by atoms with Gasteiger partial charge >= 0.3 is 24.1 Å². The first-order valence-corrected chi connectivity index (χ1v) is 22.5. The van der Waals surface area contributed by atoms with Crippen molar-refractivity contribution in [3.05, 3.63) is 0 Å². The number of unbranched alkanes of at least 4 members (excludes halogenated alkanes) is 10. The fourth-order valence-corrected chi connectivity index (χ4v) is 6.61. The van der Waals surface area contributed by atoms with Gasteiger partial charge in [0, 0.05) is 65.4 Å². The van der Waals surface area contributed by atoms with Crippen molar-refractivity contribution in [1.29, 1.82) is 0 Å². The minimum atomic E-state index is -0.417. The van der Waals surface area contributed by atoms with Gasteiger partial charge in [-0.3, -0.25) is 14.5 Å². The molecule has 0 bridgehead atoms. The second-order valence-electron chi connectivity index (χ2n) is 15.5. The van der Waals surface area contributed by atoms with Crippen LogP contribution >= 0.6 is 0 Å². The standard InChI is InChI=1S/C43H83N5O8/c1-6-10-12-14-16-18-22-38(8-3)55-42(51)44-26-20-36-53-40(49)24-28-47(34-35-48-32-30-46(5)31-33-48)29-25-41(50)54-37-21-27-45-43(52)56-39(9-4)23-19-17-15-13-11-7-2/h38-39H,6-37H2,1-5H3,(H,44,51)(H,45,52). The van der Waals surface area contributed by atoms with Gasteiger partial charge in [0.15, 0.2) is 0 Å². The number of piperazine rings is 1. The maximum Gasteiger partial charge on any atom is 0.407 e. The van der Waals surface area contributed by atoms with Gasteiger partial charge < -0.3 is 39.4 Å². The lowest BCUT2D eigenvalue weighted by Gasteiger charge is -2.34. The first-order chi connectivity index (χ1) is 27.2. The van der Waals surface area contributed by atoms with Gasteiger partial charge in [0.1, 0.15) is 12.2 Å². The van der Waals surface area contributed by atoms with Crippen molar-refractivity contribution in [2.75, 3.05) is 85.7 Å². The van der Waals surface area contributed by atoms with Crippen molar-refractivity contribution in [2.45, 2.75) is 168 Å². The molecule has 56 heavy (non-hydrogen) atoms. The van der Waals surface area contributed by atoms with Gasteiger partial charge in [-0.2, -0.15) is 0 Å². The molecule has 0 aromatic heterocycles. The average Bonchev–Trinajstić information content (AvgIpc) is 3.19. The third kappa shape index (κ3) is 29.6. The summed E-state index contributed by atoms with van der Waals surface area (Å²) in [4.78, 5) is 56.6. The van der Waals surface area contributed by atoms with Gasteiger partial charge in [-0.05, 0) is 58.4 Å². The predicted molar refractivity (Wildman–Crippen MR) is 224 cm³/mol. The van der Waals surface area contributed by atoms with Crippen molar-refractivity contribution in [1.82, 2.24) is 25.3 Å². The zero-order chi connectivity index (χ0) is 41.1. The Labute approximate surface area is 341 Å². The number of rotatable bonds is 35. The number of esters is 2. The molecule has 1 rings (SSSR count). The van der Waals surface area contributed by atoms with E-state index < -0.39 is 12.2 Å². The molecule has 0 spiro atoms. The van der Waals surface area contributed by atoms with Crippen LogP contribution in [0.25, 0.3) is 0 Å². The molecular weight excluding hydrogens is 714 g/mol. The lowest BCUT2D eigenvalue weighted by Crippen LogP contribution is -2.47. The van der Waals surface area contributed by atoms with E-state index in [2.05, 4.69) is 46.2 Å². The van der Waals surface area contributed by atoms with E-state index >= 15 is 0 Å². The number of likely N-dealkylation sites (N-methyl/N-ethyl adjacent to an activating group) is 1. The Morgan fingerprint density at radius 3 is 1.43 bits per heavy atom. The molecule has 13 nitrogen and oxygen atoms in total. The number of hydrogen-bond acceptors (Lipinski definition) is 11. The molecular formula is C43H83N5O8. The van der Waals surface area contributed by atoms with E-state index in [9.17, 15) is 19.2 Å². The summed E-state index contributed by atoms with van der Waals surface area (Å²) in [6.07, 6.45) is 18.3. The lowest BCUT2D eigenvalue weighted by molar-refractivity contribution is -0.144. The van der Waals surface area contributed by atoms with Crippen molar-refractivity contribution < 1.29 is 38.1 Å². The fraction of sp³-hybridized carbons (Fsp3) is 0.907. The summed E-state index contributed by atoms with van der Waals surface area (Å²) in [5.41, 5.74) is 0. The van der Waals surface area contributed by atoms with Crippen molar-refractivity contribution in [3.8, 4) is 0 Å². The van der Waals surface area contributed by atoms with Crippen LogP contribution in [0.15, 0.2) is 0 Å². The number of hydrogen-bond donors (Lipinski definition) is 2. The molecule has 2 N–H and O–H groups in total. The predicted octanol–water partition coefficient (Wildman–Crippen LogP) is 7.69. The molecule has 13 heteroatoms. The van der Waals surface area contributed by atoms with Gasteiger partial charge in [-0.25, -0.2) is 9.59 Å². The highest BCUT2D eigenvalue weighted by atomic mass is 16.6. The van der Waals surface area contributed by atoms with Crippen LogP contribution in [0.5, 0.6) is 0 Å². The number of carbonyl (C=O) groups is 4. The molecule has 2 atom stereocenters. The topological polar surface area (TPSA) is 139 Å². The first-order valence-electron chi connectivity index (χ1n) is 22.5. The van der Waals surface area contributed by atoms with Crippen molar-refractivity contribution in [3.63, 3.8) is 0 Å². The van der Waals surface area contributed by atoms with E-state index in [1.54, 1.807) is 0 Å². The van der Waals surface area contributed by atoms with Crippen LogP contribution in [-0.4, -0.2) is 137 Å². The number of nitrogens with zero attached hydrogens (tertiary/aromatic N) is 3. The van der Waals surface area contributed by atoms with Crippen LogP contribution in [-0.2, 0) is 28.5 Å². The second kappa shape index (κ2) is 35.5. The summed E-state index contributed by atoms with van der Waals surface area (Å²) >= 11 is 0. The maximum atomic E-state index is 12.6. The van der Waals surface area contributed by atoms with E-state index in [-0.39, 0.29) is 50.2 Å². The quantitative estimate of drug-likeness (QED) is 0.0371. The van der Waals surface area contributed by atoms with Gasteiger partial charge in [-0.1, -0.05) is 91.9 Å². The summed E-state index contributed by atoms with van der Waals surface area (Å²) in [6.45, 7) is 16.3. The Morgan fingerprint density at radius 2 is 1.00 bits per heavy atom. The zero-order valence-corrected chi connectivity index (χ0v) is 36.4. The van der Waals surface area contributed by atoms with Crippen LogP contribution in [0.4, 0.5) is 9.59 Å². The average molecular weight is 798 g/mol. The van der Waals surface area contributed by atoms with Crippen LogP contribution in [0.1, 0.15) is 156 Å². The highest BCUT2D eigenvalue weighted by Crippen LogP contribution is 2.14. The molecule has 1 aliphatic rings. The molecule has 0 aromatic rings. The maximum absolute atomic E-state index is 12.6. The van der Waals surface area contributed by atoms with Gasteiger partial charge in [0.2, 0.25) is 0 Å². The molecule has 2 amide bonds. The fourth-order valence-electron chi connectivity index (χ4n) is 6.61. The Morgan fingerprint density at radius 1 is 0.571 bits per heavy atom. The van der Waals surface area contributed by atoms with Crippen LogP contribution in [0, 0.1) is 0 Å². The molecule has 1 fully saturated rings. The molecule has 0 aliphatic carbocycles. The van der Waals surface area contributed by atoms with E-state index in [0.717, 1.165) is 77.8 Å².